The number of nitrogens with zero attached hydrogens (tertiary/aromatic N) is 2. The van der Waals surface area contributed by atoms with Crippen LogP contribution in [0.5, 0.6) is 0 Å². The molecule has 1 amide bonds. The molecule has 4 rings (SSSR count). The molecule has 2 aliphatic rings. The van der Waals surface area contributed by atoms with E-state index in [4.69, 9.17) is 0 Å². The number of sulfone groups is 1. The van der Waals surface area contributed by atoms with Gasteiger partial charge in [-0.2, -0.15) is 13.2 Å². The predicted octanol–water partition coefficient (Wildman–Crippen LogP) is 5.75. The van der Waals surface area contributed by atoms with E-state index in [-0.39, 0.29) is 47.9 Å². The van der Waals surface area contributed by atoms with E-state index in [9.17, 15) is 26.4 Å². The van der Waals surface area contributed by atoms with Gasteiger partial charge in [-0.3, -0.25) is 14.7 Å². The Labute approximate surface area is 220 Å². The lowest BCUT2D eigenvalue weighted by molar-refractivity contribution is -0.184. The number of pyridine rings is 1. The van der Waals surface area contributed by atoms with Gasteiger partial charge in [0.2, 0.25) is 0 Å². The van der Waals surface area contributed by atoms with Gasteiger partial charge in [-0.05, 0) is 61.3 Å². The third-order valence-corrected chi connectivity index (χ3v) is 10.5. The molecule has 0 bridgehead atoms. The zero-order chi connectivity index (χ0) is 27.0. The second-order valence-corrected chi connectivity index (χ2v) is 13.8. The van der Waals surface area contributed by atoms with E-state index < -0.39 is 21.9 Å². The van der Waals surface area contributed by atoms with E-state index >= 15 is 0 Å². The molecule has 3 heterocycles. The van der Waals surface area contributed by atoms with Gasteiger partial charge in [-0.25, -0.2) is 8.42 Å². The predicted molar refractivity (Wildman–Crippen MR) is 137 cm³/mol. The van der Waals surface area contributed by atoms with Crippen molar-refractivity contribution >= 4 is 27.1 Å². The molecule has 37 heavy (non-hydrogen) atoms. The summed E-state index contributed by atoms with van der Waals surface area (Å²) in [6, 6.07) is 5.18. The van der Waals surface area contributed by atoms with Crippen LogP contribution >= 0.6 is 11.3 Å². The van der Waals surface area contributed by atoms with Crippen molar-refractivity contribution in [3.63, 3.8) is 0 Å². The average molecular weight is 558 g/mol. The maximum absolute atomic E-state index is 13.0. The largest absolute Gasteiger partial charge is 0.391 e. The molecule has 1 N–H and O–H groups in total. The summed E-state index contributed by atoms with van der Waals surface area (Å²) < 4.78 is 63.0. The second kappa shape index (κ2) is 11.0. The van der Waals surface area contributed by atoms with Crippen molar-refractivity contribution in [3.05, 3.63) is 45.4 Å². The Morgan fingerprint density at radius 3 is 2.49 bits per heavy atom. The molecule has 0 radical (unpaired) electrons. The summed E-state index contributed by atoms with van der Waals surface area (Å²) in [6.07, 6.45) is -1.13. The third-order valence-electron chi connectivity index (χ3n) is 7.50. The molecule has 1 saturated carbocycles. The van der Waals surface area contributed by atoms with Gasteiger partial charge >= 0.3 is 6.18 Å². The van der Waals surface area contributed by atoms with Gasteiger partial charge in [0.1, 0.15) is 0 Å². The second-order valence-electron chi connectivity index (χ2n) is 10.4. The van der Waals surface area contributed by atoms with Gasteiger partial charge in [-0.1, -0.05) is 20.8 Å². The molecule has 11 heteroatoms. The van der Waals surface area contributed by atoms with E-state index in [1.165, 1.54) is 23.6 Å². The highest BCUT2D eigenvalue weighted by molar-refractivity contribution is 7.91. The highest BCUT2D eigenvalue weighted by Crippen LogP contribution is 2.46. The van der Waals surface area contributed by atoms with Crippen LogP contribution in [0.3, 0.4) is 0 Å². The lowest BCUT2D eigenvalue weighted by Gasteiger charge is -2.35. The third kappa shape index (κ3) is 6.37. The first-order chi connectivity index (χ1) is 17.4. The topological polar surface area (TPSA) is 79.4 Å². The van der Waals surface area contributed by atoms with Crippen LogP contribution in [0.2, 0.25) is 0 Å². The van der Waals surface area contributed by atoms with Crippen molar-refractivity contribution in [2.45, 2.75) is 76.7 Å². The molecule has 0 aromatic carbocycles. The molecule has 1 aliphatic carbocycles. The van der Waals surface area contributed by atoms with E-state index in [2.05, 4.69) is 29.0 Å². The van der Waals surface area contributed by atoms with Gasteiger partial charge in [-0.15, -0.1) is 11.3 Å². The fourth-order valence-corrected chi connectivity index (χ4v) is 7.66. The Balaban J connectivity index is 1.36. The van der Waals surface area contributed by atoms with Gasteiger partial charge in [0.15, 0.2) is 9.84 Å². The lowest BCUT2D eigenvalue weighted by Crippen LogP contribution is -2.35. The van der Waals surface area contributed by atoms with Gasteiger partial charge in [0, 0.05) is 30.2 Å². The molecule has 1 atom stereocenters. The lowest BCUT2D eigenvalue weighted by atomic mass is 9.81. The summed E-state index contributed by atoms with van der Waals surface area (Å²) >= 11 is 1.48. The fourth-order valence-electron chi connectivity index (χ4n) is 5.44. The van der Waals surface area contributed by atoms with Crippen LogP contribution in [-0.2, 0) is 22.9 Å². The van der Waals surface area contributed by atoms with Crippen LogP contribution < -0.4 is 5.32 Å². The van der Waals surface area contributed by atoms with E-state index in [1.807, 2.05) is 6.07 Å². The minimum Gasteiger partial charge on any atom is -0.346 e. The summed E-state index contributed by atoms with van der Waals surface area (Å²) in [5.41, 5.74) is 1.68. The van der Waals surface area contributed by atoms with Crippen molar-refractivity contribution < 1.29 is 26.4 Å². The monoisotopic (exact) mass is 557 g/mol. The van der Waals surface area contributed by atoms with Crippen LogP contribution in [0.15, 0.2) is 29.3 Å². The van der Waals surface area contributed by atoms with E-state index in [0.717, 1.165) is 17.0 Å². The summed E-state index contributed by atoms with van der Waals surface area (Å²) in [5, 5.41) is 2.87. The van der Waals surface area contributed by atoms with Gasteiger partial charge in [0.25, 0.3) is 5.91 Å². The number of carbonyl (C=O) groups excluding carboxylic acids is 1. The van der Waals surface area contributed by atoms with Crippen molar-refractivity contribution in [3.8, 4) is 0 Å². The van der Waals surface area contributed by atoms with E-state index in [0.29, 0.717) is 35.9 Å². The maximum atomic E-state index is 13.0. The number of alkyl halides is 3. The number of hydrogen-bond donors (Lipinski definition) is 1. The highest BCUT2D eigenvalue weighted by Gasteiger charge is 2.42. The van der Waals surface area contributed by atoms with E-state index in [1.54, 1.807) is 13.0 Å². The zero-order valence-electron chi connectivity index (χ0n) is 21.3. The number of fused-ring (bicyclic) bond motifs is 1. The molecule has 1 fully saturated rings. The van der Waals surface area contributed by atoms with Crippen LogP contribution in [0.1, 0.15) is 78.3 Å². The number of thiophene rings is 1. The summed E-state index contributed by atoms with van der Waals surface area (Å²) in [4.78, 5) is 21.3. The Hall–Kier alpha value is -1.98. The van der Waals surface area contributed by atoms with Crippen LogP contribution in [-0.4, -0.2) is 42.7 Å². The van der Waals surface area contributed by atoms with Crippen LogP contribution in [0, 0.1) is 17.8 Å². The normalized spacial score (nSPS) is 22.8. The Bertz CT molecular complexity index is 1200. The number of amides is 1. The van der Waals surface area contributed by atoms with Crippen LogP contribution in [0.4, 0.5) is 13.2 Å². The number of rotatable bonds is 8. The summed E-state index contributed by atoms with van der Waals surface area (Å²) in [6.45, 7) is 7.53. The van der Waals surface area contributed by atoms with Crippen molar-refractivity contribution in [2.75, 3.05) is 12.3 Å². The molecule has 204 valence electrons. The maximum Gasteiger partial charge on any atom is 0.391 e. The van der Waals surface area contributed by atoms with Crippen molar-refractivity contribution in [2.24, 2.45) is 17.8 Å². The molecule has 0 saturated heterocycles. The van der Waals surface area contributed by atoms with Gasteiger partial charge in [0.05, 0.1) is 33.7 Å². The fraction of sp³-hybridized carbons (Fsp3) is 0.615. The van der Waals surface area contributed by atoms with Gasteiger partial charge < -0.3 is 5.32 Å². The first-order valence-corrected chi connectivity index (χ1v) is 15.2. The number of halogens is 3. The number of aromatic nitrogens is 1. The Morgan fingerprint density at radius 2 is 1.92 bits per heavy atom. The highest BCUT2D eigenvalue weighted by atomic mass is 32.2. The molecule has 2 aromatic heterocycles. The SMILES string of the molecule is CCS(=O)(=O)c1ccc(CNC(=O)c2cc3c(s2)C(C(C)C)N(C[C@H]2CC[C@H](C(F)(F)F)CC2)C3)nc1. The molecular formula is C26H34F3N3O3S2. The average Bonchev–Trinajstić information content (AvgIpc) is 3.40. The first kappa shape index (κ1) is 28.0. The molecule has 0 spiro atoms. The molecular weight excluding hydrogens is 523 g/mol. The number of carbonyl (C=O) groups is 1. The Morgan fingerprint density at radius 1 is 1.22 bits per heavy atom. The zero-order valence-corrected chi connectivity index (χ0v) is 23.0. The van der Waals surface area contributed by atoms with Crippen LogP contribution in [0.25, 0.3) is 0 Å². The molecule has 2 aromatic rings. The molecule has 1 unspecified atom stereocenters. The standard InChI is InChI=1S/C26H34F3N3O3S2/c1-4-37(34,35)21-10-9-20(30-13-21)12-31-25(33)22-11-18-15-32(23(16(2)3)24(18)36-22)14-17-5-7-19(8-6-17)26(27,28)29/h9-11,13,16-17,19,23H,4-8,12,14-15H2,1-3H3,(H,31,33)/t17-,19-,23?. The smallest absolute Gasteiger partial charge is 0.346 e. The minimum absolute atomic E-state index is 0.00177. The Kier molecular flexibility index (Phi) is 8.35. The molecule has 1 aliphatic heterocycles. The van der Waals surface area contributed by atoms with Crippen molar-refractivity contribution in [1.29, 1.82) is 0 Å². The molecule has 6 nitrogen and oxygen atoms in total. The van der Waals surface area contributed by atoms with Crippen molar-refractivity contribution in [1.82, 2.24) is 15.2 Å². The summed E-state index contributed by atoms with van der Waals surface area (Å²) in [7, 11) is -3.32. The number of nitrogens with one attached hydrogen (secondary N) is 1. The summed E-state index contributed by atoms with van der Waals surface area (Å²) in [5.74, 6) is -0.788. The number of hydrogen-bond acceptors (Lipinski definition) is 6. The minimum atomic E-state index is -4.09. The first-order valence-electron chi connectivity index (χ1n) is 12.8. The quantitative estimate of drug-likeness (QED) is 0.447.